The fourth-order valence-electron chi connectivity index (χ4n) is 1.67. The highest BCUT2D eigenvalue weighted by Crippen LogP contribution is 2.10. The Morgan fingerprint density at radius 2 is 2.11 bits per heavy atom. The molecule has 0 aliphatic carbocycles. The van der Waals surface area contributed by atoms with Crippen LogP contribution < -0.4 is 10.1 Å². The van der Waals surface area contributed by atoms with Crippen molar-refractivity contribution in [1.82, 2.24) is 10.3 Å². The first-order valence-corrected chi connectivity index (χ1v) is 7.03. The van der Waals surface area contributed by atoms with Crippen molar-refractivity contribution < 1.29 is 4.74 Å². The molecule has 1 aromatic heterocycles. The first-order chi connectivity index (χ1) is 8.72. The molecule has 3 nitrogen and oxygen atoms in total. The Balaban J connectivity index is 2.30. The number of nitrogens with zero attached hydrogens (tertiary/aromatic N) is 1. The van der Waals surface area contributed by atoms with E-state index in [-0.39, 0.29) is 0 Å². The van der Waals surface area contributed by atoms with Gasteiger partial charge in [-0.25, -0.2) is 4.98 Å². The molecule has 0 radical (unpaired) electrons. The minimum Gasteiger partial charge on any atom is -0.478 e. The van der Waals surface area contributed by atoms with Gasteiger partial charge < -0.3 is 10.1 Å². The third-order valence-corrected chi connectivity index (χ3v) is 2.76. The van der Waals surface area contributed by atoms with Crippen molar-refractivity contribution >= 4 is 0 Å². The van der Waals surface area contributed by atoms with Gasteiger partial charge in [-0.15, -0.1) is 0 Å². The molecule has 0 saturated carbocycles. The average Bonchev–Trinajstić information content (AvgIpc) is 2.37. The number of nitrogens with one attached hydrogen (secondary N) is 1. The monoisotopic (exact) mass is 250 g/mol. The summed E-state index contributed by atoms with van der Waals surface area (Å²) in [4.78, 5) is 4.23. The molecule has 0 fully saturated rings. The number of rotatable bonds is 9. The Kier molecular flexibility index (Phi) is 7.42. The lowest BCUT2D eigenvalue weighted by atomic mass is 10.2. The maximum absolute atomic E-state index is 5.66. The smallest absolute Gasteiger partial charge is 0.213 e. The standard InChI is InChI=1S/C15H26N2O/c1-4-5-6-7-10-18-15-11-14(8-9-16-15)12-17-13(2)3/h8-9,11,13,17H,4-7,10,12H2,1-3H3. The Morgan fingerprint density at radius 3 is 2.83 bits per heavy atom. The molecule has 0 aromatic carbocycles. The SMILES string of the molecule is CCCCCCOc1cc(CNC(C)C)ccn1. The van der Waals surface area contributed by atoms with Crippen molar-refractivity contribution in [2.45, 2.75) is 59.0 Å². The predicted molar refractivity (Wildman–Crippen MR) is 75.8 cm³/mol. The molecule has 18 heavy (non-hydrogen) atoms. The maximum atomic E-state index is 5.66. The van der Waals surface area contributed by atoms with Crippen LogP contribution in [0.5, 0.6) is 5.88 Å². The average molecular weight is 250 g/mol. The first kappa shape index (κ1) is 15.0. The summed E-state index contributed by atoms with van der Waals surface area (Å²) in [6.07, 6.45) is 6.72. The summed E-state index contributed by atoms with van der Waals surface area (Å²) in [7, 11) is 0. The van der Waals surface area contributed by atoms with Crippen molar-refractivity contribution in [2.75, 3.05) is 6.61 Å². The van der Waals surface area contributed by atoms with Crippen LogP contribution >= 0.6 is 0 Å². The largest absolute Gasteiger partial charge is 0.478 e. The van der Waals surface area contributed by atoms with E-state index < -0.39 is 0 Å². The van der Waals surface area contributed by atoms with Gasteiger partial charge in [-0.05, 0) is 18.1 Å². The Bertz CT molecular complexity index is 326. The van der Waals surface area contributed by atoms with E-state index in [1.807, 2.05) is 18.3 Å². The van der Waals surface area contributed by atoms with E-state index >= 15 is 0 Å². The summed E-state index contributed by atoms with van der Waals surface area (Å²) in [6, 6.07) is 4.55. The third-order valence-electron chi connectivity index (χ3n) is 2.76. The van der Waals surface area contributed by atoms with Gasteiger partial charge in [0.25, 0.3) is 0 Å². The molecule has 102 valence electrons. The number of pyridine rings is 1. The zero-order valence-corrected chi connectivity index (χ0v) is 11.9. The molecule has 1 aromatic rings. The summed E-state index contributed by atoms with van der Waals surface area (Å²) in [6.45, 7) is 8.15. The third kappa shape index (κ3) is 6.60. The molecule has 0 atom stereocenters. The van der Waals surface area contributed by atoms with Crippen LogP contribution in [-0.2, 0) is 6.54 Å². The molecule has 0 spiro atoms. The quantitative estimate of drug-likeness (QED) is 0.681. The van der Waals surface area contributed by atoms with Crippen molar-refractivity contribution in [3.05, 3.63) is 23.9 Å². The van der Waals surface area contributed by atoms with Gasteiger partial charge in [-0.1, -0.05) is 40.0 Å². The van der Waals surface area contributed by atoms with Gasteiger partial charge in [0.1, 0.15) is 0 Å². The van der Waals surface area contributed by atoms with E-state index in [2.05, 4.69) is 31.1 Å². The topological polar surface area (TPSA) is 34.1 Å². The number of unbranched alkanes of at least 4 members (excludes halogenated alkanes) is 3. The van der Waals surface area contributed by atoms with Crippen molar-refractivity contribution in [1.29, 1.82) is 0 Å². The molecule has 0 unspecified atom stereocenters. The fourth-order valence-corrected chi connectivity index (χ4v) is 1.67. The molecule has 0 saturated heterocycles. The minimum atomic E-state index is 0.497. The second-order valence-electron chi connectivity index (χ2n) is 4.95. The molecule has 0 amide bonds. The van der Waals surface area contributed by atoms with E-state index in [1.165, 1.54) is 24.8 Å². The molecule has 1 heterocycles. The first-order valence-electron chi connectivity index (χ1n) is 7.03. The molecule has 0 aliphatic heterocycles. The molecule has 1 N–H and O–H groups in total. The zero-order valence-electron chi connectivity index (χ0n) is 11.9. The number of hydrogen-bond donors (Lipinski definition) is 1. The van der Waals surface area contributed by atoms with Gasteiger partial charge in [0.15, 0.2) is 0 Å². The molecular weight excluding hydrogens is 224 g/mol. The zero-order chi connectivity index (χ0) is 13.2. The van der Waals surface area contributed by atoms with E-state index in [0.29, 0.717) is 6.04 Å². The van der Waals surface area contributed by atoms with Crippen LogP contribution in [0.1, 0.15) is 52.0 Å². The summed E-state index contributed by atoms with van der Waals surface area (Å²) in [5.41, 5.74) is 1.22. The van der Waals surface area contributed by atoms with Gasteiger partial charge in [-0.3, -0.25) is 0 Å². The summed E-state index contributed by atoms with van der Waals surface area (Å²) in [5.74, 6) is 0.745. The second kappa shape index (κ2) is 8.92. The van der Waals surface area contributed by atoms with E-state index in [9.17, 15) is 0 Å². The maximum Gasteiger partial charge on any atom is 0.213 e. The van der Waals surface area contributed by atoms with Crippen LogP contribution in [0.25, 0.3) is 0 Å². The van der Waals surface area contributed by atoms with E-state index in [4.69, 9.17) is 4.74 Å². The van der Waals surface area contributed by atoms with Crippen molar-refractivity contribution in [3.63, 3.8) is 0 Å². The van der Waals surface area contributed by atoms with Gasteiger partial charge in [-0.2, -0.15) is 0 Å². The van der Waals surface area contributed by atoms with Crippen molar-refractivity contribution in [2.24, 2.45) is 0 Å². The summed E-state index contributed by atoms with van der Waals surface area (Å²) in [5, 5.41) is 3.39. The van der Waals surface area contributed by atoms with Gasteiger partial charge in [0.2, 0.25) is 5.88 Å². The minimum absolute atomic E-state index is 0.497. The lowest BCUT2D eigenvalue weighted by Gasteiger charge is -2.09. The van der Waals surface area contributed by atoms with Crippen LogP contribution in [-0.4, -0.2) is 17.6 Å². The molecular formula is C15H26N2O. The number of aromatic nitrogens is 1. The van der Waals surface area contributed by atoms with Crippen LogP contribution in [0.4, 0.5) is 0 Å². The normalized spacial score (nSPS) is 10.9. The predicted octanol–water partition coefficient (Wildman–Crippen LogP) is 3.54. The fraction of sp³-hybridized carbons (Fsp3) is 0.667. The second-order valence-corrected chi connectivity index (χ2v) is 4.95. The molecule has 1 rings (SSSR count). The highest BCUT2D eigenvalue weighted by molar-refractivity contribution is 5.20. The van der Waals surface area contributed by atoms with Crippen molar-refractivity contribution in [3.8, 4) is 5.88 Å². The Hall–Kier alpha value is -1.09. The highest BCUT2D eigenvalue weighted by atomic mass is 16.5. The lowest BCUT2D eigenvalue weighted by Crippen LogP contribution is -2.21. The number of ether oxygens (including phenoxy) is 1. The molecule has 0 aliphatic rings. The Morgan fingerprint density at radius 1 is 1.28 bits per heavy atom. The lowest BCUT2D eigenvalue weighted by molar-refractivity contribution is 0.293. The van der Waals surface area contributed by atoms with Crippen LogP contribution in [0.15, 0.2) is 18.3 Å². The molecule has 3 heteroatoms. The van der Waals surface area contributed by atoms with Gasteiger partial charge >= 0.3 is 0 Å². The van der Waals surface area contributed by atoms with E-state index in [1.54, 1.807) is 0 Å². The number of hydrogen-bond acceptors (Lipinski definition) is 3. The van der Waals surface area contributed by atoms with E-state index in [0.717, 1.165) is 25.5 Å². The van der Waals surface area contributed by atoms with Crippen LogP contribution in [0, 0.1) is 0 Å². The molecule has 0 bridgehead atoms. The summed E-state index contributed by atoms with van der Waals surface area (Å²) >= 11 is 0. The van der Waals surface area contributed by atoms with Gasteiger partial charge in [0.05, 0.1) is 6.61 Å². The Labute approximate surface area is 111 Å². The van der Waals surface area contributed by atoms with Gasteiger partial charge in [0, 0.05) is 24.8 Å². The van der Waals surface area contributed by atoms with Crippen LogP contribution in [0.2, 0.25) is 0 Å². The van der Waals surface area contributed by atoms with Crippen LogP contribution in [0.3, 0.4) is 0 Å². The summed E-state index contributed by atoms with van der Waals surface area (Å²) < 4.78 is 5.66. The highest BCUT2D eigenvalue weighted by Gasteiger charge is 1.99.